The van der Waals surface area contributed by atoms with Crippen LogP contribution in [0, 0.1) is 0 Å². The number of rotatable bonds is 9. The topological polar surface area (TPSA) is 64.6 Å². The Kier molecular flexibility index (Phi) is 8.83. The normalized spacial score (nSPS) is 11.8. The molecule has 0 saturated heterocycles. The van der Waals surface area contributed by atoms with Crippen LogP contribution in [0.15, 0.2) is 48.5 Å². The summed E-state index contributed by atoms with van der Waals surface area (Å²) in [6, 6.07) is 15.9. The van der Waals surface area contributed by atoms with Gasteiger partial charge in [0.1, 0.15) is 5.75 Å². The zero-order chi connectivity index (χ0) is 23.8. The fourth-order valence-corrected chi connectivity index (χ4v) is 2.84. The summed E-state index contributed by atoms with van der Waals surface area (Å²) in [6.07, 6.45) is -4.77. The Morgan fingerprint density at radius 3 is 2.28 bits per heavy atom. The number of esters is 2. The number of ether oxygens (including phenoxy) is 2. The van der Waals surface area contributed by atoms with Crippen molar-refractivity contribution in [2.75, 3.05) is 13.2 Å². The third kappa shape index (κ3) is 8.70. The number of hydrogen-bond acceptors (Lipinski definition) is 5. The third-order valence-corrected chi connectivity index (χ3v) is 4.65. The van der Waals surface area contributed by atoms with E-state index in [4.69, 9.17) is 4.74 Å². The van der Waals surface area contributed by atoms with Gasteiger partial charge in [-0.3, -0.25) is 4.79 Å². The molecule has 0 amide bonds. The lowest BCUT2D eigenvalue weighted by Gasteiger charge is -2.19. The second kappa shape index (κ2) is 11.1. The fourth-order valence-electron chi connectivity index (χ4n) is 2.84. The molecule has 0 unspecified atom stereocenters. The first-order valence-electron chi connectivity index (χ1n) is 10.3. The summed E-state index contributed by atoms with van der Waals surface area (Å²) in [5.41, 5.74) is 3.47. The summed E-state index contributed by atoms with van der Waals surface area (Å²) in [6.45, 7) is 7.49. The van der Waals surface area contributed by atoms with Gasteiger partial charge in [0.05, 0.1) is 13.0 Å². The molecule has 0 heterocycles. The summed E-state index contributed by atoms with van der Waals surface area (Å²) in [4.78, 5) is 21.9. The maximum Gasteiger partial charge on any atom is 0.491 e. The minimum Gasteiger partial charge on any atom is -0.493 e. The first-order valence-corrected chi connectivity index (χ1v) is 10.3. The van der Waals surface area contributed by atoms with Crippen molar-refractivity contribution in [2.24, 2.45) is 0 Å². The van der Waals surface area contributed by atoms with Crippen molar-refractivity contribution in [1.82, 2.24) is 5.32 Å². The van der Waals surface area contributed by atoms with Crippen molar-refractivity contribution in [3.05, 3.63) is 65.2 Å². The molecule has 0 aliphatic carbocycles. The van der Waals surface area contributed by atoms with E-state index in [1.54, 1.807) is 0 Å². The molecule has 0 aliphatic heterocycles. The third-order valence-electron chi connectivity index (χ3n) is 4.65. The number of carbonyl (C=O) groups is 2. The van der Waals surface area contributed by atoms with Gasteiger partial charge in [-0.15, -0.1) is 0 Å². The van der Waals surface area contributed by atoms with Crippen LogP contribution in [0.25, 0.3) is 0 Å². The minimum absolute atomic E-state index is 0.0691. The molecular formula is C24H28F3NO4. The van der Waals surface area contributed by atoms with Crippen molar-refractivity contribution in [3.63, 3.8) is 0 Å². The first-order chi connectivity index (χ1) is 14.9. The van der Waals surface area contributed by atoms with Crippen LogP contribution in [-0.2, 0) is 32.7 Å². The van der Waals surface area contributed by atoms with E-state index < -0.39 is 18.1 Å². The number of benzene rings is 2. The van der Waals surface area contributed by atoms with E-state index in [2.05, 4.69) is 55.1 Å². The maximum absolute atomic E-state index is 12.0. The Balaban J connectivity index is 1.72. The number of alkyl halides is 3. The summed E-state index contributed by atoms with van der Waals surface area (Å²) in [7, 11) is 0. The van der Waals surface area contributed by atoms with Crippen molar-refractivity contribution in [2.45, 2.75) is 51.7 Å². The van der Waals surface area contributed by atoms with E-state index in [1.807, 2.05) is 24.3 Å². The van der Waals surface area contributed by atoms with Crippen LogP contribution in [-0.4, -0.2) is 31.3 Å². The van der Waals surface area contributed by atoms with Gasteiger partial charge in [-0.25, -0.2) is 4.79 Å². The summed E-state index contributed by atoms with van der Waals surface area (Å²) in [5.74, 6) is -3.03. The van der Waals surface area contributed by atoms with Crippen LogP contribution >= 0.6 is 0 Å². The first kappa shape index (κ1) is 25.4. The lowest BCUT2D eigenvalue weighted by atomic mass is 9.86. The smallest absolute Gasteiger partial charge is 0.491 e. The summed E-state index contributed by atoms with van der Waals surface area (Å²) in [5, 5.41) is 2.92. The van der Waals surface area contributed by atoms with Gasteiger partial charge in [0.2, 0.25) is 0 Å². The largest absolute Gasteiger partial charge is 0.493 e. The Hall–Kier alpha value is -2.87. The molecule has 5 nitrogen and oxygen atoms in total. The number of hydrogen-bond donors (Lipinski definition) is 1. The van der Waals surface area contributed by atoms with Crippen LogP contribution in [0.1, 0.15) is 43.9 Å². The predicted octanol–water partition coefficient (Wildman–Crippen LogP) is 4.72. The second-order valence-corrected chi connectivity index (χ2v) is 8.38. The number of nitrogens with one attached hydrogen (secondary N) is 1. The Morgan fingerprint density at radius 2 is 1.66 bits per heavy atom. The minimum atomic E-state index is -5.18. The highest BCUT2D eigenvalue weighted by Crippen LogP contribution is 2.22. The molecule has 0 aromatic heterocycles. The van der Waals surface area contributed by atoms with E-state index in [0.717, 1.165) is 12.0 Å². The van der Waals surface area contributed by atoms with Crippen LogP contribution in [0.5, 0.6) is 5.75 Å². The molecule has 0 aliphatic rings. The predicted molar refractivity (Wildman–Crippen MR) is 114 cm³/mol. The van der Waals surface area contributed by atoms with Crippen molar-refractivity contribution < 1.29 is 32.2 Å². The molecule has 8 heteroatoms. The quantitative estimate of drug-likeness (QED) is 0.340. The SMILES string of the molecule is CC(C)(C)c1ccc(CCOc2cccc(CNCCC(=O)OC(=O)C(F)(F)F)c2)cc1. The number of carbonyl (C=O) groups excluding carboxylic acids is 2. The average molecular weight is 451 g/mol. The molecule has 174 valence electrons. The fraction of sp³-hybridized carbons (Fsp3) is 0.417. The van der Waals surface area contributed by atoms with Gasteiger partial charge in [0, 0.05) is 19.5 Å². The highest BCUT2D eigenvalue weighted by molar-refractivity contribution is 5.88. The van der Waals surface area contributed by atoms with Gasteiger partial charge in [-0.05, 0) is 34.2 Å². The highest BCUT2D eigenvalue weighted by atomic mass is 19.4. The molecule has 2 rings (SSSR count). The molecule has 2 aromatic carbocycles. The monoisotopic (exact) mass is 451 g/mol. The summed E-state index contributed by atoms with van der Waals surface area (Å²) < 4.78 is 45.7. The maximum atomic E-state index is 12.0. The van der Waals surface area contributed by atoms with Gasteiger partial charge in [-0.1, -0.05) is 57.2 Å². The summed E-state index contributed by atoms with van der Waals surface area (Å²) >= 11 is 0. The van der Waals surface area contributed by atoms with Gasteiger partial charge in [0.25, 0.3) is 0 Å². The van der Waals surface area contributed by atoms with Gasteiger partial charge in [0.15, 0.2) is 0 Å². The lowest BCUT2D eigenvalue weighted by molar-refractivity contribution is -0.201. The molecule has 1 N–H and O–H groups in total. The Morgan fingerprint density at radius 1 is 0.969 bits per heavy atom. The number of halogens is 3. The molecule has 0 radical (unpaired) electrons. The zero-order valence-electron chi connectivity index (χ0n) is 18.4. The molecular weight excluding hydrogens is 423 g/mol. The molecule has 0 saturated carbocycles. The lowest BCUT2D eigenvalue weighted by Crippen LogP contribution is -2.29. The Labute approximate surface area is 185 Å². The molecule has 0 spiro atoms. The Bertz CT molecular complexity index is 903. The van der Waals surface area contributed by atoms with E-state index in [1.165, 1.54) is 11.1 Å². The van der Waals surface area contributed by atoms with Crippen molar-refractivity contribution in [3.8, 4) is 5.75 Å². The molecule has 2 aromatic rings. The second-order valence-electron chi connectivity index (χ2n) is 8.38. The van der Waals surface area contributed by atoms with E-state index in [-0.39, 0.29) is 18.4 Å². The van der Waals surface area contributed by atoms with Crippen LogP contribution in [0.3, 0.4) is 0 Å². The van der Waals surface area contributed by atoms with E-state index in [9.17, 15) is 22.8 Å². The standard InChI is InChI=1S/C24H28F3NO4/c1-23(2,3)19-9-7-17(8-10-19)12-14-31-20-6-4-5-18(15-20)16-28-13-11-21(29)32-22(30)24(25,26)27/h4-10,15,28H,11-14,16H2,1-3H3. The van der Waals surface area contributed by atoms with Crippen LogP contribution in [0.2, 0.25) is 0 Å². The zero-order valence-corrected chi connectivity index (χ0v) is 18.4. The van der Waals surface area contributed by atoms with Gasteiger partial charge in [-0.2, -0.15) is 13.2 Å². The van der Waals surface area contributed by atoms with Crippen LogP contribution < -0.4 is 10.1 Å². The highest BCUT2D eigenvalue weighted by Gasteiger charge is 2.42. The van der Waals surface area contributed by atoms with Gasteiger partial charge >= 0.3 is 18.1 Å². The molecule has 32 heavy (non-hydrogen) atoms. The average Bonchev–Trinajstić information content (AvgIpc) is 2.70. The van der Waals surface area contributed by atoms with Crippen LogP contribution in [0.4, 0.5) is 13.2 Å². The van der Waals surface area contributed by atoms with Gasteiger partial charge < -0.3 is 14.8 Å². The molecule has 0 atom stereocenters. The molecule has 0 fully saturated rings. The van der Waals surface area contributed by atoms with E-state index in [0.29, 0.717) is 18.9 Å². The molecule has 0 bridgehead atoms. The van der Waals surface area contributed by atoms with Crippen molar-refractivity contribution in [1.29, 1.82) is 0 Å². The van der Waals surface area contributed by atoms with E-state index >= 15 is 0 Å². The van der Waals surface area contributed by atoms with Crippen molar-refractivity contribution >= 4 is 11.9 Å².